The second-order valence-corrected chi connectivity index (χ2v) is 12.8. The second kappa shape index (κ2) is 11.5. The number of imide groups is 2. The van der Waals surface area contributed by atoms with E-state index in [2.05, 4.69) is 22.8 Å². The van der Waals surface area contributed by atoms with Gasteiger partial charge in [-0.2, -0.15) is 0 Å². The predicted molar refractivity (Wildman–Crippen MR) is 169 cm³/mol. The summed E-state index contributed by atoms with van der Waals surface area (Å²) in [6, 6.07) is 20.9. The lowest BCUT2D eigenvalue weighted by atomic mass is 9.48. The summed E-state index contributed by atoms with van der Waals surface area (Å²) in [5.41, 5.74) is 2.86. The number of para-hydroxylation sites is 1. The highest BCUT2D eigenvalue weighted by atomic mass is 16.5. The third-order valence-corrected chi connectivity index (χ3v) is 9.79. The van der Waals surface area contributed by atoms with Gasteiger partial charge in [-0.3, -0.25) is 19.7 Å². The normalized spacial score (nSPS) is 26.2. The van der Waals surface area contributed by atoms with Gasteiger partial charge in [0, 0.05) is 5.69 Å². The molecule has 45 heavy (non-hydrogen) atoms. The summed E-state index contributed by atoms with van der Waals surface area (Å²) in [7, 11) is 1.45. The average molecular weight is 606 g/mol. The van der Waals surface area contributed by atoms with Crippen LogP contribution >= 0.6 is 0 Å². The van der Waals surface area contributed by atoms with E-state index in [-0.39, 0.29) is 23.5 Å². The fourth-order valence-corrected chi connectivity index (χ4v) is 8.24. The second-order valence-electron chi connectivity index (χ2n) is 12.8. The van der Waals surface area contributed by atoms with Crippen LogP contribution in [0.1, 0.15) is 49.7 Å². The first-order valence-electron chi connectivity index (χ1n) is 15.5. The summed E-state index contributed by atoms with van der Waals surface area (Å²) < 4.78 is 11.1. The molecule has 5 amide bonds. The van der Waals surface area contributed by atoms with Gasteiger partial charge in [-0.05, 0) is 115 Å². The van der Waals surface area contributed by atoms with Gasteiger partial charge in [0.15, 0.2) is 18.1 Å². The van der Waals surface area contributed by atoms with Crippen LogP contribution in [0.3, 0.4) is 0 Å². The van der Waals surface area contributed by atoms with E-state index in [1.165, 1.54) is 57.3 Å². The number of hydrogen-bond donors (Lipinski definition) is 2. The third kappa shape index (κ3) is 5.59. The molecule has 1 saturated heterocycles. The number of hydrogen-bond acceptors (Lipinski definition) is 6. The molecule has 4 bridgehead atoms. The topological polar surface area (TPSA) is 114 Å². The smallest absolute Gasteiger partial charge is 0.335 e. The number of carbonyl (C=O) groups is 4. The van der Waals surface area contributed by atoms with Crippen molar-refractivity contribution in [2.75, 3.05) is 23.9 Å². The van der Waals surface area contributed by atoms with Crippen molar-refractivity contribution >= 4 is 41.2 Å². The highest BCUT2D eigenvalue weighted by Crippen LogP contribution is 2.60. The van der Waals surface area contributed by atoms with Crippen LogP contribution in [0.15, 0.2) is 78.4 Å². The van der Waals surface area contributed by atoms with Gasteiger partial charge in [0.05, 0.1) is 12.8 Å². The SMILES string of the molecule is COc1cc(/C=C2\C(=O)NC(=O)N(c3ccc(C45CC6CC(CC(C6)C4)C5)cc3)C2=O)ccc1OCC(=O)Nc1ccccc1. The minimum absolute atomic E-state index is 0.183. The van der Waals surface area contributed by atoms with Crippen LogP contribution in [-0.2, 0) is 19.8 Å². The van der Waals surface area contributed by atoms with Crippen molar-refractivity contribution in [1.82, 2.24) is 5.32 Å². The lowest BCUT2D eigenvalue weighted by molar-refractivity contribution is -0.122. The van der Waals surface area contributed by atoms with Crippen LogP contribution in [0.2, 0.25) is 0 Å². The first-order chi connectivity index (χ1) is 21.8. The summed E-state index contributed by atoms with van der Waals surface area (Å²) in [5.74, 6) is 1.24. The molecule has 5 fully saturated rings. The average Bonchev–Trinajstić information content (AvgIpc) is 3.02. The Bertz CT molecular complexity index is 1660. The Labute approximate surface area is 261 Å². The minimum atomic E-state index is -0.778. The molecule has 8 rings (SSSR count). The van der Waals surface area contributed by atoms with Crippen LogP contribution in [-0.4, -0.2) is 37.5 Å². The van der Waals surface area contributed by atoms with Gasteiger partial charge in [0.25, 0.3) is 17.7 Å². The number of carbonyl (C=O) groups excluding carboxylic acids is 4. The van der Waals surface area contributed by atoms with Gasteiger partial charge < -0.3 is 14.8 Å². The molecule has 9 heteroatoms. The Hall–Kier alpha value is -4.92. The zero-order valence-electron chi connectivity index (χ0n) is 25.1. The Morgan fingerprint density at radius 1 is 0.911 bits per heavy atom. The maximum atomic E-state index is 13.6. The molecule has 4 saturated carbocycles. The molecule has 9 nitrogen and oxygen atoms in total. The Morgan fingerprint density at radius 2 is 1.58 bits per heavy atom. The van der Waals surface area contributed by atoms with E-state index in [9.17, 15) is 19.2 Å². The Morgan fingerprint density at radius 3 is 2.22 bits per heavy atom. The van der Waals surface area contributed by atoms with E-state index in [0.29, 0.717) is 28.4 Å². The lowest BCUT2D eigenvalue weighted by Gasteiger charge is -2.57. The van der Waals surface area contributed by atoms with Gasteiger partial charge in [-0.15, -0.1) is 0 Å². The number of urea groups is 1. The number of barbiturate groups is 1. The first kappa shape index (κ1) is 28.8. The molecule has 0 unspecified atom stereocenters. The van der Waals surface area contributed by atoms with E-state index in [0.717, 1.165) is 22.7 Å². The molecule has 3 aromatic rings. The van der Waals surface area contributed by atoms with Gasteiger partial charge in [-0.25, -0.2) is 9.69 Å². The zero-order chi connectivity index (χ0) is 31.1. The molecular weight excluding hydrogens is 570 g/mol. The summed E-state index contributed by atoms with van der Waals surface area (Å²) >= 11 is 0. The summed E-state index contributed by atoms with van der Waals surface area (Å²) in [4.78, 5) is 52.6. The van der Waals surface area contributed by atoms with Crippen molar-refractivity contribution in [3.8, 4) is 11.5 Å². The van der Waals surface area contributed by atoms with E-state index >= 15 is 0 Å². The van der Waals surface area contributed by atoms with Crippen LogP contribution in [0.4, 0.5) is 16.2 Å². The molecule has 1 aliphatic heterocycles. The third-order valence-electron chi connectivity index (χ3n) is 9.79. The summed E-state index contributed by atoms with van der Waals surface area (Å²) in [5, 5.41) is 5.05. The number of rotatable bonds is 8. The van der Waals surface area contributed by atoms with Crippen LogP contribution in [0.25, 0.3) is 6.08 Å². The Kier molecular flexibility index (Phi) is 7.39. The van der Waals surface area contributed by atoms with Gasteiger partial charge in [-0.1, -0.05) is 36.4 Å². The molecular formula is C36H35N3O6. The highest BCUT2D eigenvalue weighted by molar-refractivity contribution is 6.39. The quantitative estimate of drug-likeness (QED) is 0.246. The monoisotopic (exact) mass is 605 g/mol. The maximum absolute atomic E-state index is 13.6. The van der Waals surface area contributed by atoms with Crippen molar-refractivity contribution in [1.29, 1.82) is 0 Å². The van der Waals surface area contributed by atoms with Crippen LogP contribution in [0, 0.1) is 17.8 Å². The molecule has 5 aliphatic rings. The lowest BCUT2D eigenvalue weighted by Crippen LogP contribution is -2.54. The number of amides is 5. The molecule has 2 N–H and O–H groups in total. The molecule has 230 valence electrons. The van der Waals surface area contributed by atoms with Crippen molar-refractivity contribution in [2.24, 2.45) is 17.8 Å². The van der Waals surface area contributed by atoms with E-state index < -0.39 is 17.8 Å². The summed E-state index contributed by atoms with van der Waals surface area (Å²) in [6.45, 7) is -0.245. The molecule has 0 aromatic heterocycles. The number of anilines is 2. The minimum Gasteiger partial charge on any atom is -0.493 e. The number of benzene rings is 3. The molecule has 4 aliphatic carbocycles. The van der Waals surface area contributed by atoms with Gasteiger partial charge >= 0.3 is 6.03 Å². The predicted octanol–water partition coefficient (Wildman–Crippen LogP) is 5.85. The number of nitrogens with one attached hydrogen (secondary N) is 2. The van der Waals surface area contributed by atoms with Gasteiger partial charge in [0.1, 0.15) is 5.57 Å². The zero-order valence-corrected chi connectivity index (χ0v) is 25.1. The number of ether oxygens (including phenoxy) is 2. The van der Waals surface area contributed by atoms with Gasteiger partial charge in [0.2, 0.25) is 0 Å². The molecule has 1 heterocycles. The fraction of sp³-hybridized carbons (Fsp3) is 0.333. The molecule has 0 radical (unpaired) electrons. The number of nitrogens with zero attached hydrogens (tertiary/aromatic N) is 1. The van der Waals surface area contributed by atoms with Crippen LogP contribution in [0.5, 0.6) is 11.5 Å². The first-order valence-corrected chi connectivity index (χ1v) is 15.5. The van der Waals surface area contributed by atoms with E-state index in [1.807, 2.05) is 30.3 Å². The summed E-state index contributed by atoms with van der Waals surface area (Å²) in [6.07, 6.45) is 9.14. The largest absolute Gasteiger partial charge is 0.493 e. The Balaban J connectivity index is 1.07. The maximum Gasteiger partial charge on any atom is 0.335 e. The highest BCUT2D eigenvalue weighted by Gasteiger charge is 2.51. The van der Waals surface area contributed by atoms with Crippen molar-refractivity contribution in [3.05, 3.63) is 89.5 Å². The van der Waals surface area contributed by atoms with E-state index in [4.69, 9.17) is 9.47 Å². The fourth-order valence-electron chi connectivity index (χ4n) is 8.24. The van der Waals surface area contributed by atoms with Crippen LogP contribution < -0.4 is 25.0 Å². The van der Waals surface area contributed by atoms with Crippen molar-refractivity contribution in [3.63, 3.8) is 0 Å². The van der Waals surface area contributed by atoms with Crippen molar-refractivity contribution < 1.29 is 28.7 Å². The number of methoxy groups -OCH3 is 1. The van der Waals surface area contributed by atoms with Crippen molar-refractivity contribution in [2.45, 2.75) is 43.9 Å². The molecule has 3 aromatic carbocycles. The standard InChI is InChI=1S/C36H35N3O6/c1-44-31-17-22(7-12-30(31)45-21-32(40)37-27-5-3-2-4-6-27)16-29-33(41)38-35(43)39(34(29)42)28-10-8-26(9-11-28)36-18-23-13-24(19-36)15-25(14-23)20-36/h2-12,16-17,23-25H,13-15,18-21H2,1H3,(H,37,40)(H,38,41,43)/b29-16+. The molecule has 0 atom stereocenters. The molecule has 0 spiro atoms. The van der Waals surface area contributed by atoms with E-state index in [1.54, 1.807) is 30.3 Å².